The zero-order valence-corrected chi connectivity index (χ0v) is 18.7. The van der Waals surface area contributed by atoms with Gasteiger partial charge in [-0.05, 0) is 42.0 Å². The van der Waals surface area contributed by atoms with Crippen molar-refractivity contribution >= 4 is 18.0 Å². The van der Waals surface area contributed by atoms with Gasteiger partial charge in [0.05, 0.1) is 0 Å². The highest BCUT2D eigenvalue weighted by atomic mass is 16.5. The fraction of sp³-hybridized carbons (Fsp3) is 0.400. The first-order valence-corrected chi connectivity index (χ1v) is 10.9. The molecule has 0 bridgehead atoms. The number of aliphatic carboxylic acids is 1. The van der Waals surface area contributed by atoms with Crippen molar-refractivity contribution in [1.82, 2.24) is 10.6 Å². The van der Waals surface area contributed by atoms with Crippen molar-refractivity contribution in [3.8, 4) is 11.1 Å². The average Bonchev–Trinajstić information content (AvgIpc) is 3.08. The van der Waals surface area contributed by atoms with Crippen LogP contribution in [0, 0.1) is 5.92 Å². The van der Waals surface area contributed by atoms with E-state index < -0.39 is 17.6 Å². The molecule has 0 aliphatic heterocycles. The van der Waals surface area contributed by atoms with E-state index in [4.69, 9.17) is 9.84 Å². The maximum atomic E-state index is 12.3. The summed E-state index contributed by atoms with van der Waals surface area (Å²) in [4.78, 5) is 35.7. The molecule has 1 aliphatic rings. The van der Waals surface area contributed by atoms with Gasteiger partial charge in [-0.3, -0.25) is 4.79 Å². The Morgan fingerprint density at radius 1 is 1.03 bits per heavy atom. The van der Waals surface area contributed by atoms with E-state index in [1.54, 1.807) is 0 Å². The van der Waals surface area contributed by atoms with E-state index in [1.165, 1.54) is 25.0 Å². The first-order chi connectivity index (χ1) is 15.2. The number of alkyl carbamates (subject to hydrolysis) is 1. The zero-order valence-electron chi connectivity index (χ0n) is 18.7. The van der Waals surface area contributed by atoms with Crippen LogP contribution < -0.4 is 10.6 Å². The van der Waals surface area contributed by atoms with Gasteiger partial charge < -0.3 is 20.5 Å². The van der Waals surface area contributed by atoms with Crippen molar-refractivity contribution in [3.05, 3.63) is 59.7 Å². The summed E-state index contributed by atoms with van der Waals surface area (Å²) < 4.78 is 5.52. The van der Waals surface area contributed by atoms with Crippen molar-refractivity contribution in [2.24, 2.45) is 5.92 Å². The highest BCUT2D eigenvalue weighted by molar-refractivity contribution is 5.86. The van der Waals surface area contributed by atoms with Gasteiger partial charge in [0.2, 0.25) is 5.91 Å². The number of fused-ring (bicyclic) bond motifs is 3. The Morgan fingerprint density at radius 2 is 1.59 bits per heavy atom. The van der Waals surface area contributed by atoms with Gasteiger partial charge in [-0.15, -0.1) is 0 Å². The SMILES string of the molecule is CCC(CNC(=O)OCC1c2ccccc2-c2ccccc21)CC(=O)NC(C)(C)C(=O)O. The molecule has 0 heterocycles. The number of carbonyl (C=O) groups is 3. The predicted octanol–water partition coefficient (Wildman–Crippen LogP) is 3.92. The van der Waals surface area contributed by atoms with Crippen LogP contribution in [0.4, 0.5) is 4.79 Å². The van der Waals surface area contributed by atoms with E-state index in [-0.39, 0.29) is 37.3 Å². The quantitative estimate of drug-likeness (QED) is 0.550. The van der Waals surface area contributed by atoms with Gasteiger partial charge in [0.25, 0.3) is 0 Å². The molecular weight excluding hydrogens is 408 g/mol. The number of carboxylic acids is 1. The second kappa shape index (κ2) is 9.85. The lowest BCUT2D eigenvalue weighted by molar-refractivity contribution is -0.146. The number of benzene rings is 2. The topological polar surface area (TPSA) is 105 Å². The molecule has 2 amide bonds. The molecule has 0 radical (unpaired) electrons. The normalized spacial score (nSPS) is 13.6. The van der Waals surface area contributed by atoms with E-state index in [9.17, 15) is 14.4 Å². The van der Waals surface area contributed by atoms with Crippen LogP contribution in [0.25, 0.3) is 11.1 Å². The third-order valence-electron chi connectivity index (χ3n) is 5.92. The summed E-state index contributed by atoms with van der Waals surface area (Å²) in [5, 5.41) is 14.4. The Hall–Kier alpha value is -3.35. The van der Waals surface area contributed by atoms with E-state index in [1.807, 2.05) is 31.2 Å². The molecule has 3 N–H and O–H groups in total. The van der Waals surface area contributed by atoms with Crippen LogP contribution in [0.15, 0.2) is 48.5 Å². The minimum Gasteiger partial charge on any atom is -0.480 e. The molecular formula is C25H30N2O5. The number of carboxylic acid groups (broad SMARTS) is 1. The van der Waals surface area contributed by atoms with Crippen LogP contribution in [0.3, 0.4) is 0 Å². The minimum atomic E-state index is -1.34. The maximum Gasteiger partial charge on any atom is 0.407 e. The lowest BCUT2D eigenvalue weighted by atomic mass is 9.98. The van der Waals surface area contributed by atoms with Gasteiger partial charge in [-0.25, -0.2) is 9.59 Å². The monoisotopic (exact) mass is 438 g/mol. The molecule has 0 fully saturated rings. The highest BCUT2D eigenvalue weighted by Crippen LogP contribution is 2.44. The first kappa shape index (κ1) is 23.3. The third kappa shape index (κ3) is 5.28. The molecule has 2 aromatic rings. The Bertz CT molecular complexity index is 956. The number of carbonyl (C=O) groups excluding carboxylic acids is 2. The van der Waals surface area contributed by atoms with Crippen LogP contribution in [0.2, 0.25) is 0 Å². The molecule has 0 saturated carbocycles. The molecule has 3 rings (SSSR count). The van der Waals surface area contributed by atoms with Crippen molar-refractivity contribution in [2.45, 2.75) is 45.1 Å². The second-order valence-corrected chi connectivity index (χ2v) is 8.66. The Kier molecular flexibility index (Phi) is 7.18. The van der Waals surface area contributed by atoms with Gasteiger partial charge in [-0.1, -0.05) is 61.9 Å². The molecule has 170 valence electrons. The largest absolute Gasteiger partial charge is 0.480 e. The summed E-state index contributed by atoms with van der Waals surface area (Å²) in [6, 6.07) is 16.3. The van der Waals surface area contributed by atoms with Gasteiger partial charge in [0.1, 0.15) is 12.1 Å². The fourth-order valence-electron chi connectivity index (χ4n) is 3.95. The smallest absolute Gasteiger partial charge is 0.407 e. The summed E-state index contributed by atoms with van der Waals surface area (Å²) in [6.07, 6.45) is 0.248. The molecule has 7 nitrogen and oxygen atoms in total. The van der Waals surface area contributed by atoms with Gasteiger partial charge in [0, 0.05) is 18.9 Å². The van der Waals surface area contributed by atoms with E-state index in [0.717, 1.165) is 11.1 Å². The van der Waals surface area contributed by atoms with Crippen LogP contribution in [-0.4, -0.2) is 41.8 Å². The second-order valence-electron chi connectivity index (χ2n) is 8.66. The van der Waals surface area contributed by atoms with Crippen molar-refractivity contribution < 1.29 is 24.2 Å². The van der Waals surface area contributed by atoms with Crippen molar-refractivity contribution in [2.75, 3.05) is 13.2 Å². The molecule has 1 atom stereocenters. The van der Waals surface area contributed by atoms with E-state index >= 15 is 0 Å². The summed E-state index contributed by atoms with van der Waals surface area (Å²) in [5.74, 6) is -1.60. The molecule has 2 aromatic carbocycles. The molecule has 7 heteroatoms. The first-order valence-electron chi connectivity index (χ1n) is 10.9. The number of ether oxygens (including phenoxy) is 1. The number of nitrogens with one attached hydrogen (secondary N) is 2. The molecule has 0 aromatic heterocycles. The number of hydrogen-bond donors (Lipinski definition) is 3. The molecule has 32 heavy (non-hydrogen) atoms. The summed E-state index contributed by atoms with van der Waals surface area (Å²) in [5.41, 5.74) is 3.28. The van der Waals surface area contributed by atoms with E-state index in [2.05, 4.69) is 34.9 Å². The average molecular weight is 439 g/mol. The van der Waals surface area contributed by atoms with Gasteiger partial charge in [-0.2, -0.15) is 0 Å². The van der Waals surface area contributed by atoms with Crippen LogP contribution in [0.1, 0.15) is 50.7 Å². The Balaban J connectivity index is 1.52. The maximum absolute atomic E-state index is 12.3. The fourth-order valence-corrected chi connectivity index (χ4v) is 3.95. The van der Waals surface area contributed by atoms with Crippen LogP contribution in [-0.2, 0) is 14.3 Å². The standard InChI is InChI=1S/C25H30N2O5/c1-4-16(13-22(28)27-25(2,3)23(29)30)14-26-24(31)32-15-21-19-11-7-5-9-17(19)18-10-6-8-12-20(18)21/h5-12,16,21H,4,13-15H2,1-3H3,(H,26,31)(H,27,28)(H,29,30). The number of amides is 2. The Morgan fingerprint density at radius 3 is 2.12 bits per heavy atom. The number of rotatable bonds is 9. The molecule has 0 saturated heterocycles. The lowest BCUT2D eigenvalue weighted by Gasteiger charge is -2.23. The summed E-state index contributed by atoms with van der Waals surface area (Å²) >= 11 is 0. The van der Waals surface area contributed by atoms with Crippen LogP contribution in [0.5, 0.6) is 0 Å². The highest BCUT2D eigenvalue weighted by Gasteiger charge is 2.30. The van der Waals surface area contributed by atoms with Gasteiger partial charge >= 0.3 is 12.1 Å². The summed E-state index contributed by atoms with van der Waals surface area (Å²) in [6.45, 7) is 5.28. The van der Waals surface area contributed by atoms with Crippen molar-refractivity contribution in [1.29, 1.82) is 0 Å². The Labute approximate surface area is 188 Å². The number of hydrogen-bond acceptors (Lipinski definition) is 4. The molecule has 0 spiro atoms. The van der Waals surface area contributed by atoms with E-state index in [0.29, 0.717) is 6.42 Å². The van der Waals surface area contributed by atoms with Gasteiger partial charge in [0.15, 0.2) is 0 Å². The molecule has 1 unspecified atom stereocenters. The minimum absolute atomic E-state index is 0.0147. The van der Waals surface area contributed by atoms with Crippen LogP contribution >= 0.6 is 0 Å². The van der Waals surface area contributed by atoms with Crippen molar-refractivity contribution in [3.63, 3.8) is 0 Å². The lowest BCUT2D eigenvalue weighted by Crippen LogP contribution is -2.50. The zero-order chi connectivity index (χ0) is 23.3. The molecule has 1 aliphatic carbocycles. The summed E-state index contributed by atoms with van der Waals surface area (Å²) in [7, 11) is 0. The predicted molar refractivity (Wildman–Crippen MR) is 121 cm³/mol. The third-order valence-corrected chi connectivity index (χ3v) is 5.92.